The van der Waals surface area contributed by atoms with E-state index in [0.29, 0.717) is 29.8 Å². The fourth-order valence-corrected chi connectivity index (χ4v) is 4.86. The number of nitrogens with zero attached hydrogens (tertiary/aromatic N) is 2. The average Bonchev–Trinajstić information content (AvgIpc) is 3.16. The zero-order valence-electron chi connectivity index (χ0n) is 15.9. The van der Waals surface area contributed by atoms with Crippen molar-refractivity contribution in [3.05, 3.63) is 17.5 Å². The molecule has 9 nitrogen and oxygen atoms in total. The number of likely N-dealkylation sites (tertiary alicyclic amines) is 1. The Morgan fingerprint density at radius 2 is 2.11 bits per heavy atom. The van der Waals surface area contributed by atoms with Crippen molar-refractivity contribution >= 4 is 57.2 Å². The zero-order valence-corrected chi connectivity index (χ0v) is 19.9. The molecule has 0 aromatic carbocycles. The lowest BCUT2D eigenvalue weighted by Gasteiger charge is -2.32. The highest BCUT2D eigenvalue weighted by atomic mass is 127. The quantitative estimate of drug-likeness (QED) is 0.152. The van der Waals surface area contributed by atoms with E-state index in [2.05, 4.69) is 20.3 Å². The largest absolute Gasteiger partial charge is 0.369 e. The molecule has 2 rings (SSSR count). The monoisotopic (exact) mass is 544 g/mol. The minimum Gasteiger partial charge on any atom is -0.369 e. The smallest absolute Gasteiger partial charge is 0.250 e. The fourth-order valence-electron chi connectivity index (χ4n) is 2.80. The van der Waals surface area contributed by atoms with Crippen LogP contribution in [0.25, 0.3) is 0 Å². The lowest BCUT2D eigenvalue weighted by Crippen LogP contribution is -2.50. The number of halogens is 1. The Labute approximate surface area is 187 Å². The van der Waals surface area contributed by atoms with Crippen molar-refractivity contribution in [2.24, 2.45) is 10.7 Å². The lowest BCUT2D eigenvalue weighted by atomic mass is 10.1. The number of primary amides is 1. The van der Waals surface area contributed by atoms with Crippen molar-refractivity contribution in [2.45, 2.75) is 30.0 Å². The maximum absolute atomic E-state index is 12.1. The minimum atomic E-state index is -3.46. The number of nitrogens with two attached hydrogens (primary N) is 1. The maximum atomic E-state index is 12.1. The molecule has 160 valence electrons. The number of rotatable bonds is 9. The molecule has 0 unspecified atom stereocenters. The van der Waals surface area contributed by atoms with E-state index in [1.807, 2.05) is 11.8 Å². The summed E-state index contributed by atoms with van der Waals surface area (Å²) in [6.45, 7) is 5.17. The van der Waals surface area contributed by atoms with Crippen LogP contribution in [0.15, 0.2) is 26.7 Å². The van der Waals surface area contributed by atoms with Crippen LogP contribution in [0.3, 0.4) is 0 Å². The van der Waals surface area contributed by atoms with Gasteiger partial charge in [0.1, 0.15) is 4.21 Å². The number of nitrogens with one attached hydrogen (secondary N) is 3. The van der Waals surface area contributed by atoms with E-state index in [9.17, 15) is 13.2 Å². The highest BCUT2D eigenvalue weighted by molar-refractivity contribution is 14.0. The van der Waals surface area contributed by atoms with Gasteiger partial charge in [0, 0.05) is 32.2 Å². The van der Waals surface area contributed by atoms with Gasteiger partial charge in [0.25, 0.3) is 0 Å². The van der Waals surface area contributed by atoms with Crippen molar-refractivity contribution < 1.29 is 13.2 Å². The Kier molecular flexibility index (Phi) is 11.3. The molecule has 2 heterocycles. The predicted molar refractivity (Wildman–Crippen MR) is 123 cm³/mol. The molecule has 5 N–H and O–H groups in total. The number of aliphatic imine (C=N–C) groups is 1. The third kappa shape index (κ3) is 8.59. The summed E-state index contributed by atoms with van der Waals surface area (Å²) in [7, 11) is -3.46. The first kappa shape index (κ1) is 25.1. The molecular formula is C16H29IN6O3S2. The van der Waals surface area contributed by atoms with Crippen LogP contribution in [0.4, 0.5) is 0 Å². The molecule has 0 saturated carbocycles. The van der Waals surface area contributed by atoms with Gasteiger partial charge in [-0.3, -0.25) is 14.7 Å². The molecule has 0 bridgehead atoms. The topological polar surface area (TPSA) is 129 Å². The molecule has 1 aliphatic rings. The molecule has 0 aliphatic carbocycles. The molecule has 1 aromatic rings. The third-order valence-corrected chi connectivity index (χ3v) is 6.94. The SMILES string of the molecule is CCNC(=NCCNS(=O)(=O)c1cccs1)NC1CCN(CC(N)=O)CC1.I. The van der Waals surface area contributed by atoms with Crippen molar-refractivity contribution in [1.29, 1.82) is 0 Å². The van der Waals surface area contributed by atoms with Crippen molar-refractivity contribution in [3.8, 4) is 0 Å². The molecule has 12 heteroatoms. The van der Waals surface area contributed by atoms with Gasteiger partial charge in [-0.2, -0.15) is 0 Å². The van der Waals surface area contributed by atoms with Crippen LogP contribution in [0.2, 0.25) is 0 Å². The molecule has 28 heavy (non-hydrogen) atoms. The van der Waals surface area contributed by atoms with E-state index < -0.39 is 10.0 Å². The van der Waals surface area contributed by atoms with Gasteiger partial charge in [0.2, 0.25) is 15.9 Å². The standard InChI is InChI=1S/C16H28N6O3S2.HI/c1-2-18-16(21-13-5-9-22(10-6-13)12-14(17)23)19-7-8-20-27(24,25)15-4-3-11-26-15;/h3-4,11,13,20H,2,5-10,12H2,1H3,(H2,17,23)(H2,18,19,21);1H. The van der Waals surface area contributed by atoms with Crippen LogP contribution in [0.1, 0.15) is 19.8 Å². The molecule has 1 aromatic heterocycles. The van der Waals surface area contributed by atoms with E-state index >= 15 is 0 Å². The van der Waals surface area contributed by atoms with Crippen molar-refractivity contribution in [1.82, 2.24) is 20.3 Å². The molecule has 1 amide bonds. The van der Waals surface area contributed by atoms with E-state index in [-0.39, 0.29) is 42.5 Å². The van der Waals surface area contributed by atoms with Gasteiger partial charge in [-0.15, -0.1) is 35.3 Å². The number of hydrogen-bond acceptors (Lipinski definition) is 6. The summed E-state index contributed by atoms with van der Waals surface area (Å²) < 4.78 is 27.0. The third-order valence-electron chi connectivity index (χ3n) is 4.09. The Hall–Kier alpha value is -0.960. The van der Waals surface area contributed by atoms with Gasteiger partial charge in [0.05, 0.1) is 13.1 Å². The number of carbonyl (C=O) groups is 1. The van der Waals surface area contributed by atoms with Gasteiger partial charge in [-0.25, -0.2) is 13.1 Å². The summed E-state index contributed by atoms with van der Waals surface area (Å²) in [5.74, 6) is 0.363. The first-order valence-electron chi connectivity index (χ1n) is 8.99. The maximum Gasteiger partial charge on any atom is 0.250 e. The van der Waals surface area contributed by atoms with E-state index in [0.717, 1.165) is 25.9 Å². The summed E-state index contributed by atoms with van der Waals surface area (Å²) >= 11 is 1.19. The summed E-state index contributed by atoms with van der Waals surface area (Å²) in [6, 6.07) is 3.54. The molecule has 0 radical (unpaired) electrons. The highest BCUT2D eigenvalue weighted by Gasteiger charge is 2.21. The van der Waals surface area contributed by atoms with Crippen LogP contribution in [-0.4, -0.2) is 70.5 Å². The van der Waals surface area contributed by atoms with E-state index in [1.54, 1.807) is 17.5 Å². The second-order valence-electron chi connectivity index (χ2n) is 6.25. The summed E-state index contributed by atoms with van der Waals surface area (Å²) in [6.07, 6.45) is 1.78. The number of hydrogen-bond donors (Lipinski definition) is 4. The van der Waals surface area contributed by atoms with Crippen LogP contribution in [0, 0.1) is 0 Å². The Balaban J connectivity index is 0.00000392. The minimum absolute atomic E-state index is 0. The normalized spacial score (nSPS) is 16.4. The van der Waals surface area contributed by atoms with Crippen molar-refractivity contribution in [3.63, 3.8) is 0 Å². The number of piperidine rings is 1. The van der Waals surface area contributed by atoms with Gasteiger partial charge in [-0.05, 0) is 31.2 Å². The molecule has 1 fully saturated rings. The summed E-state index contributed by atoms with van der Waals surface area (Å²) in [5.41, 5.74) is 5.23. The zero-order chi connectivity index (χ0) is 19.7. The van der Waals surface area contributed by atoms with E-state index in [4.69, 9.17) is 5.73 Å². The Bertz CT molecular complexity index is 719. The first-order valence-corrected chi connectivity index (χ1v) is 11.4. The molecule has 0 spiro atoms. The van der Waals surface area contributed by atoms with Gasteiger partial charge in [-0.1, -0.05) is 6.07 Å². The lowest BCUT2D eigenvalue weighted by molar-refractivity contribution is -0.119. The number of carbonyl (C=O) groups excluding carboxylic acids is 1. The Morgan fingerprint density at radius 1 is 1.39 bits per heavy atom. The average molecular weight is 544 g/mol. The first-order chi connectivity index (χ1) is 12.9. The van der Waals surface area contributed by atoms with Crippen LogP contribution in [0.5, 0.6) is 0 Å². The molecular weight excluding hydrogens is 515 g/mol. The summed E-state index contributed by atoms with van der Waals surface area (Å²) in [5, 5.41) is 8.28. The number of thiophene rings is 1. The Morgan fingerprint density at radius 3 is 2.68 bits per heavy atom. The number of sulfonamides is 1. The van der Waals surface area contributed by atoms with Crippen LogP contribution in [-0.2, 0) is 14.8 Å². The fraction of sp³-hybridized carbons (Fsp3) is 0.625. The second kappa shape index (κ2) is 12.6. The van der Waals surface area contributed by atoms with E-state index in [1.165, 1.54) is 11.3 Å². The second-order valence-corrected chi connectivity index (χ2v) is 9.19. The van der Waals surface area contributed by atoms with Crippen LogP contribution >= 0.6 is 35.3 Å². The number of guanidine groups is 1. The number of amides is 1. The van der Waals surface area contributed by atoms with Crippen molar-refractivity contribution in [2.75, 3.05) is 39.3 Å². The van der Waals surface area contributed by atoms with Gasteiger partial charge < -0.3 is 16.4 Å². The van der Waals surface area contributed by atoms with Gasteiger partial charge >= 0.3 is 0 Å². The summed E-state index contributed by atoms with van der Waals surface area (Å²) in [4.78, 5) is 17.5. The highest BCUT2D eigenvalue weighted by Crippen LogP contribution is 2.14. The predicted octanol–water partition coefficient (Wildman–Crippen LogP) is 0.149. The van der Waals surface area contributed by atoms with Crippen LogP contribution < -0.4 is 21.1 Å². The molecule has 1 aliphatic heterocycles. The molecule has 1 saturated heterocycles. The van der Waals surface area contributed by atoms with Gasteiger partial charge in [0.15, 0.2) is 5.96 Å². The molecule has 0 atom stereocenters.